The van der Waals surface area contributed by atoms with Crippen LogP contribution >= 0.6 is 0 Å². The summed E-state index contributed by atoms with van der Waals surface area (Å²) in [6, 6.07) is 4.59. The fraction of sp³-hybridized carbons (Fsp3) is 0.571. The zero-order valence-corrected chi connectivity index (χ0v) is 10.9. The van der Waals surface area contributed by atoms with Gasteiger partial charge in [-0.3, -0.25) is 0 Å². The first-order chi connectivity index (χ1) is 8.06. The molecule has 0 saturated carbocycles. The topological polar surface area (TPSA) is 23.5 Å². The second-order valence-corrected chi connectivity index (χ2v) is 4.51. The van der Waals surface area contributed by atoms with Gasteiger partial charge in [-0.15, -0.1) is 0 Å². The molecule has 0 unspecified atom stereocenters. The second-order valence-electron chi connectivity index (χ2n) is 4.51. The lowest BCUT2D eigenvalue weighted by molar-refractivity contribution is 0.199. The van der Waals surface area contributed by atoms with E-state index >= 15 is 0 Å². The van der Waals surface area contributed by atoms with Gasteiger partial charge in [0.2, 0.25) is 0 Å². The van der Waals surface area contributed by atoms with Gasteiger partial charge < -0.3 is 10.0 Å². The number of nitrogens with zero attached hydrogens (tertiary/aromatic N) is 1. The maximum atomic E-state index is 13.1. The van der Waals surface area contributed by atoms with Crippen molar-refractivity contribution in [2.24, 2.45) is 0 Å². The molecule has 0 aliphatic rings. The lowest BCUT2D eigenvalue weighted by Crippen LogP contribution is -2.20. The Bertz CT molecular complexity index is 352. The lowest BCUT2D eigenvalue weighted by Gasteiger charge is -2.23. The van der Waals surface area contributed by atoms with Crippen LogP contribution in [-0.4, -0.2) is 18.7 Å². The van der Waals surface area contributed by atoms with Gasteiger partial charge in [-0.25, -0.2) is 4.39 Å². The summed E-state index contributed by atoms with van der Waals surface area (Å²) in [5, 5.41) is 9.66. The first kappa shape index (κ1) is 14.0. The summed E-state index contributed by atoms with van der Waals surface area (Å²) < 4.78 is 13.1. The number of aliphatic hydroxyl groups excluding tert-OH is 1. The number of aliphatic hydroxyl groups is 1. The zero-order valence-electron chi connectivity index (χ0n) is 10.9. The molecule has 0 amide bonds. The van der Waals surface area contributed by atoms with Crippen molar-refractivity contribution in [3.8, 4) is 0 Å². The molecule has 17 heavy (non-hydrogen) atoms. The molecule has 1 aromatic rings. The number of halogens is 1. The fourth-order valence-corrected chi connectivity index (χ4v) is 1.93. The van der Waals surface area contributed by atoms with Crippen LogP contribution in [0.25, 0.3) is 0 Å². The molecule has 1 atom stereocenters. The van der Waals surface area contributed by atoms with Gasteiger partial charge in [0, 0.05) is 24.8 Å². The van der Waals surface area contributed by atoms with Crippen molar-refractivity contribution < 1.29 is 9.50 Å². The molecule has 0 aromatic heterocycles. The number of hydrogen-bond donors (Lipinski definition) is 1. The van der Waals surface area contributed by atoms with E-state index in [-0.39, 0.29) is 5.82 Å². The van der Waals surface area contributed by atoms with Crippen molar-refractivity contribution in [2.75, 3.05) is 18.5 Å². The normalized spacial score (nSPS) is 12.5. The molecule has 96 valence electrons. The minimum absolute atomic E-state index is 0.299. The van der Waals surface area contributed by atoms with E-state index in [4.69, 9.17) is 0 Å². The summed E-state index contributed by atoms with van der Waals surface area (Å²) in [6.07, 6.45) is 2.84. The van der Waals surface area contributed by atoms with Gasteiger partial charge >= 0.3 is 0 Å². The summed E-state index contributed by atoms with van der Waals surface area (Å²) in [6.45, 7) is 4.76. The zero-order chi connectivity index (χ0) is 12.8. The van der Waals surface area contributed by atoms with E-state index in [2.05, 4.69) is 11.8 Å². The average Bonchev–Trinajstić information content (AvgIpc) is 2.29. The molecule has 3 heteroatoms. The van der Waals surface area contributed by atoms with Gasteiger partial charge in [-0.05, 0) is 31.5 Å². The van der Waals surface area contributed by atoms with Crippen LogP contribution in [-0.2, 0) is 0 Å². The monoisotopic (exact) mass is 239 g/mol. The molecule has 2 nitrogen and oxygen atoms in total. The Kier molecular flexibility index (Phi) is 5.42. The molecule has 0 aliphatic carbocycles. The Hall–Kier alpha value is -1.09. The Balaban J connectivity index is 2.81. The van der Waals surface area contributed by atoms with Crippen LogP contribution in [0.5, 0.6) is 0 Å². The number of unbranched alkanes of at least 4 members (excludes halogenated alkanes) is 2. The molecule has 0 radical (unpaired) electrons. The van der Waals surface area contributed by atoms with Gasteiger partial charge in [0.1, 0.15) is 5.82 Å². The third kappa shape index (κ3) is 4.00. The SMILES string of the molecule is CCCCCN(C)c1ccc(F)cc1[C@H](C)O. The van der Waals surface area contributed by atoms with E-state index in [0.29, 0.717) is 5.56 Å². The third-order valence-electron chi connectivity index (χ3n) is 2.95. The van der Waals surface area contributed by atoms with Crippen LogP contribution in [0.15, 0.2) is 18.2 Å². The number of rotatable bonds is 6. The smallest absolute Gasteiger partial charge is 0.123 e. The van der Waals surface area contributed by atoms with Crippen LogP contribution in [0.4, 0.5) is 10.1 Å². The van der Waals surface area contributed by atoms with Crippen molar-refractivity contribution in [1.29, 1.82) is 0 Å². The van der Waals surface area contributed by atoms with Crippen LogP contribution in [0.3, 0.4) is 0 Å². The van der Waals surface area contributed by atoms with Crippen LogP contribution in [0, 0.1) is 5.82 Å². The third-order valence-corrected chi connectivity index (χ3v) is 2.95. The van der Waals surface area contributed by atoms with Crippen LogP contribution in [0.1, 0.15) is 44.8 Å². The summed E-state index contributed by atoms with van der Waals surface area (Å²) in [4.78, 5) is 2.08. The minimum Gasteiger partial charge on any atom is -0.389 e. The molecule has 0 fully saturated rings. The standard InChI is InChI=1S/C14H22FNO/c1-4-5-6-9-16(3)14-8-7-12(15)10-13(14)11(2)17/h7-8,10-11,17H,4-6,9H2,1-3H3/t11-/m0/s1. The fourth-order valence-electron chi connectivity index (χ4n) is 1.93. The highest BCUT2D eigenvalue weighted by atomic mass is 19.1. The average molecular weight is 239 g/mol. The van der Waals surface area contributed by atoms with Crippen molar-refractivity contribution in [1.82, 2.24) is 0 Å². The first-order valence-corrected chi connectivity index (χ1v) is 6.25. The Morgan fingerprint density at radius 1 is 1.35 bits per heavy atom. The van der Waals surface area contributed by atoms with Crippen molar-refractivity contribution >= 4 is 5.69 Å². The quantitative estimate of drug-likeness (QED) is 0.768. The van der Waals surface area contributed by atoms with Crippen molar-refractivity contribution in [3.05, 3.63) is 29.6 Å². The summed E-state index contributed by atoms with van der Waals surface area (Å²) >= 11 is 0. The molecule has 0 saturated heterocycles. The minimum atomic E-state index is -0.644. The van der Waals surface area contributed by atoms with Gasteiger partial charge in [-0.1, -0.05) is 19.8 Å². The first-order valence-electron chi connectivity index (χ1n) is 6.25. The lowest BCUT2D eigenvalue weighted by atomic mass is 10.1. The molecule has 1 N–H and O–H groups in total. The maximum absolute atomic E-state index is 13.1. The maximum Gasteiger partial charge on any atom is 0.123 e. The summed E-state index contributed by atoms with van der Waals surface area (Å²) in [5.41, 5.74) is 1.57. The Morgan fingerprint density at radius 3 is 2.65 bits per heavy atom. The Labute approximate surface area is 103 Å². The van der Waals surface area contributed by atoms with E-state index in [1.165, 1.54) is 25.0 Å². The van der Waals surface area contributed by atoms with Gasteiger partial charge in [-0.2, -0.15) is 0 Å². The molecule has 0 heterocycles. The number of anilines is 1. The van der Waals surface area contributed by atoms with Gasteiger partial charge in [0.25, 0.3) is 0 Å². The summed E-state index contributed by atoms with van der Waals surface area (Å²) in [7, 11) is 1.98. The predicted octanol–water partition coefficient (Wildman–Crippen LogP) is 3.51. The largest absolute Gasteiger partial charge is 0.389 e. The van der Waals surface area contributed by atoms with E-state index < -0.39 is 6.10 Å². The summed E-state index contributed by atoms with van der Waals surface area (Å²) in [5.74, 6) is -0.299. The number of hydrogen-bond acceptors (Lipinski definition) is 2. The highest BCUT2D eigenvalue weighted by molar-refractivity contribution is 5.54. The van der Waals surface area contributed by atoms with E-state index in [1.807, 2.05) is 7.05 Å². The predicted molar refractivity (Wildman–Crippen MR) is 69.8 cm³/mol. The van der Waals surface area contributed by atoms with Gasteiger partial charge in [0.15, 0.2) is 0 Å². The van der Waals surface area contributed by atoms with Crippen molar-refractivity contribution in [3.63, 3.8) is 0 Å². The van der Waals surface area contributed by atoms with Crippen LogP contribution < -0.4 is 4.90 Å². The molecule has 0 bridgehead atoms. The number of benzene rings is 1. The second kappa shape index (κ2) is 6.60. The van der Waals surface area contributed by atoms with E-state index in [9.17, 15) is 9.50 Å². The molecular weight excluding hydrogens is 217 g/mol. The van der Waals surface area contributed by atoms with Crippen LogP contribution in [0.2, 0.25) is 0 Å². The molecule has 0 aliphatic heterocycles. The molecular formula is C14H22FNO. The van der Waals surface area contributed by atoms with E-state index in [1.54, 1.807) is 13.0 Å². The molecule has 1 aromatic carbocycles. The molecule has 1 rings (SSSR count). The highest BCUT2D eigenvalue weighted by Crippen LogP contribution is 2.26. The highest BCUT2D eigenvalue weighted by Gasteiger charge is 2.12. The van der Waals surface area contributed by atoms with Gasteiger partial charge in [0.05, 0.1) is 6.10 Å². The van der Waals surface area contributed by atoms with Crippen molar-refractivity contribution in [2.45, 2.75) is 39.2 Å². The molecule has 0 spiro atoms. The Morgan fingerprint density at radius 2 is 2.06 bits per heavy atom. The van der Waals surface area contributed by atoms with E-state index in [0.717, 1.165) is 18.7 Å².